The Balaban J connectivity index is 2.91. The Bertz CT molecular complexity index is 368. The minimum absolute atomic E-state index is 0.0487. The number of halogens is 3. The molecule has 0 saturated carbocycles. The van der Waals surface area contributed by atoms with Gasteiger partial charge in [-0.05, 0) is 24.6 Å². The quantitative estimate of drug-likeness (QED) is 0.684. The van der Waals surface area contributed by atoms with E-state index in [4.69, 9.17) is 28.3 Å². The highest BCUT2D eigenvalue weighted by Gasteiger charge is 2.18. The van der Waals surface area contributed by atoms with Crippen LogP contribution in [0.3, 0.4) is 0 Å². The summed E-state index contributed by atoms with van der Waals surface area (Å²) in [6.07, 6.45) is 0.359. The Hall–Kier alpha value is -0.0900. The predicted molar refractivity (Wildman–Crippen MR) is 65.2 cm³/mol. The zero-order valence-electron chi connectivity index (χ0n) is 7.71. The maximum Gasteiger partial charge on any atom is 0.178 e. The van der Waals surface area contributed by atoms with Crippen molar-refractivity contribution in [2.45, 2.75) is 11.2 Å². The molecule has 1 atom stereocenters. The van der Waals surface area contributed by atoms with Crippen LogP contribution in [-0.4, -0.2) is 22.3 Å². The summed E-state index contributed by atoms with van der Waals surface area (Å²) in [4.78, 5) is 11.4. The minimum atomic E-state index is -0.416. The van der Waals surface area contributed by atoms with Gasteiger partial charge in [0.05, 0.1) is 9.85 Å². The number of benzene rings is 1. The van der Waals surface area contributed by atoms with E-state index >= 15 is 0 Å². The molecule has 0 aromatic heterocycles. The summed E-state index contributed by atoms with van der Waals surface area (Å²) in [7, 11) is 0. The van der Waals surface area contributed by atoms with Crippen molar-refractivity contribution in [2.24, 2.45) is 0 Å². The molecule has 0 fully saturated rings. The van der Waals surface area contributed by atoms with Gasteiger partial charge in [0.25, 0.3) is 0 Å². The van der Waals surface area contributed by atoms with Gasteiger partial charge in [0.2, 0.25) is 0 Å². The normalized spacial score (nSPS) is 12.5. The van der Waals surface area contributed by atoms with E-state index in [1.54, 1.807) is 12.1 Å². The molecule has 0 aliphatic carbocycles. The van der Waals surface area contributed by atoms with E-state index in [9.17, 15) is 4.79 Å². The molecular weight excluding hydrogens is 303 g/mol. The van der Waals surface area contributed by atoms with Gasteiger partial charge in [0.1, 0.15) is 0 Å². The summed E-state index contributed by atoms with van der Waals surface area (Å²) in [6, 6.07) is 4.72. The highest BCUT2D eigenvalue weighted by molar-refractivity contribution is 9.10. The maximum absolute atomic E-state index is 11.8. The van der Waals surface area contributed by atoms with Crippen LogP contribution in [0.25, 0.3) is 0 Å². The fourth-order valence-corrected chi connectivity index (χ4v) is 2.06. The molecule has 0 amide bonds. The SMILES string of the molecule is O=C(c1ccc(Cl)cc1Cl)C(Br)CCO. The topological polar surface area (TPSA) is 37.3 Å². The number of aliphatic hydroxyl groups is 1. The molecule has 1 rings (SSSR count). The molecule has 0 saturated heterocycles. The number of Topliss-reactive ketones (excluding diaryl/α,β-unsaturated/α-hetero) is 1. The first-order valence-electron chi connectivity index (χ1n) is 4.30. The number of alkyl halides is 1. The van der Waals surface area contributed by atoms with Crippen molar-refractivity contribution in [1.29, 1.82) is 0 Å². The van der Waals surface area contributed by atoms with Gasteiger partial charge < -0.3 is 5.11 Å². The molecule has 0 aliphatic rings. The van der Waals surface area contributed by atoms with Crippen LogP contribution in [0.2, 0.25) is 10.0 Å². The predicted octanol–water partition coefficient (Wildman–Crippen LogP) is 3.32. The Labute approximate surface area is 106 Å². The third-order valence-corrected chi connectivity index (χ3v) is 3.29. The lowest BCUT2D eigenvalue weighted by molar-refractivity contribution is 0.0981. The molecule has 15 heavy (non-hydrogen) atoms. The standard InChI is InChI=1S/C10H9BrCl2O2/c11-8(3-4-14)10(15)7-2-1-6(12)5-9(7)13/h1-2,5,8,14H,3-4H2. The maximum atomic E-state index is 11.8. The molecule has 2 nitrogen and oxygen atoms in total. The van der Waals surface area contributed by atoms with Crippen molar-refractivity contribution < 1.29 is 9.90 Å². The number of aliphatic hydroxyl groups excluding tert-OH is 1. The minimum Gasteiger partial charge on any atom is -0.396 e. The second-order valence-electron chi connectivity index (χ2n) is 2.97. The lowest BCUT2D eigenvalue weighted by atomic mass is 10.1. The number of rotatable bonds is 4. The lowest BCUT2D eigenvalue weighted by Gasteiger charge is -2.08. The second kappa shape index (κ2) is 5.85. The highest BCUT2D eigenvalue weighted by atomic mass is 79.9. The van der Waals surface area contributed by atoms with Crippen LogP contribution in [0.15, 0.2) is 18.2 Å². The summed E-state index contributed by atoms with van der Waals surface area (Å²) >= 11 is 14.8. The summed E-state index contributed by atoms with van der Waals surface area (Å²) in [5.74, 6) is -0.147. The van der Waals surface area contributed by atoms with Crippen LogP contribution in [0.4, 0.5) is 0 Å². The van der Waals surface area contributed by atoms with Crippen LogP contribution in [0.5, 0.6) is 0 Å². The fraction of sp³-hybridized carbons (Fsp3) is 0.300. The summed E-state index contributed by atoms with van der Waals surface area (Å²) in [5.41, 5.74) is 0.413. The molecule has 0 bridgehead atoms. The molecule has 82 valence electrons. The van der Waals surface area contributed by atoms with E-state index in [2.05, 4.69) is 15.9 Å². The van der Waals surface area contributed by atoms with Gasteiger partial charge in [-0.15, -0.1) is 0 Å². The first-order chi connectivity index (χ1) is 7.06. The highest BCUT2D eigenvalue weighted by Crippen LogP contribution is 2.24. The van der Waals surface area contributed by atoms with Gasteiger partial charge in [-0.2, -0.15) is 0 Å². The number of carbonyl (C=O) groups excluding carboxylic acids is 1. The van der Waals surface area contributed by atoms with Crippen LogP contribution in [0, 0.1) is 0 Å². The molecule has 1 N–H and O–H groups in total. The van der Waals surface area contributed by atoms with Gasteiger partial charge in [0, 0.05) is 17.2 Å². The lowest BCUT2D eigenvalue weighted by Crippen LogP contribution is -2.16. The van der Waals surface area contributed by atoms with E-state index < -0.39 is 4.83 Å². The number of hydrogen-bond acceptors (Lipinski definition) is 2. The summed E-state index contributed by atoms with van der Waals surface area (Å²) in [6.45, 7) is -0.0487. The third-order valence-electron chi connectivity index (χ3n) is 1.86. The van der Waals surface area contributed by atoms with E-state index in [1.807, 2.05) is 0 Å². The van der Waals surface area contributed by atoms with Crippen molar-refractivity contribution in [2.75, 3.05) is 6.61 Å². The monoisotopic (exact) mass is 310 g/mol. The molecule has 1 aromatic carbocycles. The Morgan fingerprint density at radius 3 is 2.67 bits per heavy atom. The molecule has 0 heterocycles. The first kappa shape index (κ1) is 13.0. The zero-order valence-corrected chi connectivity index (χ0v) is 10.8. The van der Waals surface area contributed by atoms with Crippen LogP contribution in [0.1, 0.15) is 16.8 Å². The van der Waals surface area contributed by atoms with E-state index in [0.717, 1.165) is 0 Å². The molecule has 0 spiro atoms. The zero-order chi connectivity index (χ0) is 11.4. The third kappa shape index (κ3) is 3.45. The first-order valence-corrected chi connectivity index (χ1v) is 5.97. The number of carbonyl (C=O) groups is 1. The van der Waals surface area contributed by atoms with Crippen molar-refractivity contribution >= 4 is 44.9 Å². The Morgan fingerprint density at radius 1 is 1.47 bits per heavy atom. The molecule has 5 heteroatoms. The summed E-state index contributed by atoms with van der Waals surface area (Å²) < 4.78 is 0. The van der Waals surface area contributed by atoms with Gasteiger partial charge in [-0.1, -0.05) is 39.1 Å². The molecule has 0 aliphatic heterocycles. The van der Waals surface area contributed by atoms with E-state index in [1.165, 1.54) is 6.07 Å². The summed E-state index contributed by atoms with van der Waals surface area (Å²) in [5, 5.41) is 9.53. The molecule has 0 radical (unpaired) electrons. The van der Waals surface area contributed by atoms with E-state index in [-0.39, 0.29) is 12.4 Å². The average molecular weight is 312 g/mol. The van der Waals surface area contributed by atoms with Crippen LogP contribution in [-0.2, 0) is 0 Å². The van der Waals surface area contributed by atoms with Crippen molar-refractivity contribution in [3.8, 4) is 0 Å². The van der Waals surface area contributed by atoms with Gasteiger partial charge in [-0.25, -0.2) is 0 Å². The Kier molecular flexibility index (Phi) is 5.06. The molecule has 1 unspecified atom stereocenters. The molecular formula is C10H9BrCl2O2. The van der Waals surface area contributed by atoms with Gasteiger partial charge in [0.15, 0.2) is 5.78 Å². The van der Waals surface area contributed by atoms with Crippen LogP contribution < -0.4 is 0 Å². The van der Waals surface area contributed by atoms with Crippen LogP contribution >= 0.6 is 39.1 Å². The van der Waals surface area contributed by atoms with Gasteiger partial charge in [-0.3, -0.25) is 4.79 Å². The molecule has 1 aromatic rings. The average Bonchev–Trinajstić information content (AvgIpc) is 2.17. The number of ketones is 1. The van der Waals surface area contributed by atoms with Gasteiger partial charge >= 0.3 is 0 Å². The van der Waals surface area contributed by atoms with Crippen molar-refractivity contribution in [3.63, 3.8) is 0 Å². The largest absolute Gasteiger partial charge is 0.396 e. The van der Waals surface area contributed by atoms with Crippen molar-refractivity contribution in [1.82, 2.24) is 0 Å². The fourth-order valence-electron chi connectivity index (χ4n) is 1.10. The Morgan fingerprint density at radius 2 is 2.13 bits per heavy atom. The van der Waals surface area contributed by atoms with E-state index in [0.29, 0.717) is 22.0 Å². The number of hydrogen-bond donors (Lipinski definition) is 1. The van der Waals surface area contributed by atoms with Crippen molar-refractivity contribution in [3.05, 3.63) is 33.8 Å². The second-order valence-corrected chi connectivity index (χ2v) is 4.92. The smallest absolute Gasteiger partial charge is 0.178 e.